The number of hydrogen-bond acceptors (Lipinski definition) is 7. The Labute approximate surface area is 219 Å². The zero-order valence-corrected chi connectivity index (χ0v) is 22.3. The lowest BCUT2D eigenvalue weighted by molar-refractivity contribution is -0.128. The van der Waals surface area contributed by atoms with Gasteiger partial charge in [0.25, 0.3) is 0 Å². The van der Waals surface area contributed by atoms with Crippen LogP contribution in [0.25, 0.3) is 0 Å². The van der Waals surface area contributed by atoms with E-state index in [0.29, 0.717) is 17.8 Å². The third-order valence-electron chi connectivity index (χ3n) is 7.10. The summed E-state index contributed by atoms with van der Waals surface area (Å²) in [6, 6.07) is 8.97. The zero-order chi connectivity index (χ0) is 26.5. The normalized spacial score (nSPS) is 17.7. The number of carbonyl (C=O) groups is 2. The van der Waals surface area contributed by atoms with Gasteiger partial charge in [0, 0.05) is 44.5 Å². The van der Waals surface area contributed by atoms with Gasteiger partial charge in [-0.15, -0.1) is 0 Å². The Morgan fingerprint density at radius 3 is 2.43 bits per heavy atom. The summed E-state index contributed by atoms with van der Waals surface area (Å²) in [5.41, 5.74) is 3.21. The molecule has 2 atom stereocenters. The van der Waals surface area contributed by atoms with Crippen LogP contribution in [0.5, 0.6) is 0 Å². The second kappa shape index (κ2) is 11.7. The molecule has 1 unspecified atom stereocenters. The van der Waals surface area contributed by atoms with Crippen molar-refractivity contribution in [3.63, 3.8) is 0 Å². The van der Waals surface area contributed by atoms with Crippen LogP contribution in [0.1, 0.15) is 69.3 Å². The molecule has 0 spiro atoms. The van der Waals surface area contributed by atoms with Crippen molar-refractivity contribution in [2.24, 2.45) is 0 Å². The van der Waals surface area contributed by atoms with E-state index in [1.54, 1.807) is 11.1 Å². The summed E-state index contributed by atoms with van der Waals surface area (Å²) >= 11 is 0. The molecule has 1 saturated heterocycles. The highest BCUT2D eigenvalue weighted by Crippen LogP contribution is 2.30. The number of nitrogens with one attached hydrogen (secondary N) is 1. The first-order valence-electron chi connectivity index (χ1n) is 13.2. The maximum Gasteiger partial charge on any atom is 0.416 e. The molecule has 3 heterocycles. The SMILES string of the molecule is C=CC(=O)N1CCN(C(CCC)c2ccc([C@H](C)Nc3ncc4c(n3)N(C(C)C)C(=O)OC4)cc2)CC1. The van der Waals surface area contributed by atoms with Gasteiger partial charge in [-0.1, -0.05) is 44.2 Å². The average Bonchev–Trinajstić information content (AvgIpc) is 2.91. The first-order chi connectivity index (χ1) is 17.8. The van der Waals surface area contributed by atoms with Gasteiger partial charge in [-0.3, -0.25) is 14.6 Å². The summed E-state index contributed by atoms with van der Waals surface area (Å²) in [7, 11) is 0. The number of piperazine rings is 1. The van der Waals surface area contributed by atoms with Crippen molar-refractivity contribution in [3.05, 3.63) is 59.8 Å². The smallest absolute Gasteiger partial charge is 0.416 e. The van der Waals surface area contributed by atoms with Crippen LogP contribution in [0.3, 0.4) is 0 Å². The Hall–Kier alpha value is -3.46. The first kappa shape index (κ1) is 26.6. The second-order valence-corrected chi connectivity index (χ2v) is 9.96. The molecular formula is C28H38N6O3. The van der Waals surface area contributed by atoms with Gasteiger partial charge >= 0.3 is 6.09 Å². The number of fused-ring (bicyclic) bond motifs is 1. The van der Waals surface area contributed by atoms with Crippen molar-refractivity contribution in [3.8, 4) is 0 Å². The van der Waals surface area contributed by atoms with Crippen LogP contribution in [0.2, 0.25) is 0 Å². The summed E-state index contributed by atoms with van der Waals surface area (Å²) in [4.78, 5) is 39.2. The number of cyclic esters (lactones) is 1. The van der Waals surface area contributed by atoms with E-state index >= 15 is 0 Å². The fourth-order valence-corrected chi connectivity index (χ4v) is 5.03. The lowest BCUT2D eigenvalue weighted by Crippen LogP contribution is -2.49. The van der Waals surface area contributed by atoms with Crippen LogP contribution >= 0.6 is 0 Å². The van der Waals surface area contributed by atoms with E-state index in [1.165, 1.54) is 11.6 Å². The van der Waals surface area contributed by atoms with Gasteiger partial charge in [-0.05, 0) is 44.4 Å². The lowest BCUT2D eigenvalue weighted by Gasteiger charge is -2.39. The minimum absolute atomic E-state index is 0.0114. The zero-order valence-electron chi connectivity index (χ0n) is 22.3. The largest absolute Gasteiger partial charge is 0.444 e. The van der Waals surface area contributed by atoms with Gasteiger partial charge in [0.1, 0.15) is 12.4 Å². The summed E-state index contributed by atoms with van der Waals surface area (Å²) in [5.74, 6) is 1.09. The van der Waals surface area contributed by atoms with E-state index in [0.717, 1.165) is 50.1 Å². The molecule has 0 bridgehead atoms. The highest BCUT2D eigenvalue weighted by atomic mass is 16.6. The van der Waals surface area contributed by atoms with E-state index in [2.05, 4.69) is 64.9 Å². The standard InChI is InChI=1S/C28H38N6O3/c1-6-8-24(32-13-15-33(16-14-32)25(35)7-2)22-11-9-21(10-12-22)20(5)30-27-29-17-23-18-37-28(36)34(19(3)4)26(23)31-27/h7,9-12,17,19-20,24H,2,6,8,13-16,18H2,1,3-5H3,(H,29,30,31)/t20-,24?/m0/s1. The molecule has 4 rings (SSSR count). The summed E-state index contributed by atoms with van der Waals surface area (Å²) < 4.78 is 5.24. The molecule has 2 amide bonds. The van der Waals surface area contributed by atoms with Gasteiger partial charge in [0.05, 0.1) is 11.6 Å². The van der Waals surface area contributed by atoms with Gasteiger partial charge < -0.3 is 15.0 Å². The van der Waals surface area contributed by atoms with Crippen molar-refractivity contribution in [1.82, 2.24) is 19.8 Å². The minimum Gasteiger partial charge on any atom is -0.444 e. The van der Waals surface area contributed by atoms with Gasteiger partial charge in [0.2, 0.25) is 11.9 Å². The molecular weight excluding hydrogens is 468 g/mol. The van der Waals surface area contributed by atoms with Gasteiger partial charge in [0.15, 0.2) is 0 Å². The van der Waals surface area contributed by atoms with Crippen LogP contribution in [-0.4, -0.2) is 64.0 Å². The predicted molar refractivity (Wildman–Crippen MR) is 144 cm³/mol. The molecule has 0 saturated carbocycles. The average molecular weight is 507 g/mol. The van der Waals surface area contributed by atoms with E-state index < -0.39 is 0 Å². The number of benzene rings is 1. The highest BCUT2D eigenvalue weighted by molar-refractivity contribution is 5.89. The second-order valence-electron chi connectivity index (χ2n) is 9.96. The topological polar surface area (TPSA) is 90.9 Å². The highest BCUT2D eigenvalue weighted by Gasteiger charge is 2.30. The number of rotatable bonds is 9. The molecule has 1 fully saturated rings. The van der Waals surface area contributed by atoms with Crippen LogP contribution in [-0.2, 0) is 16.1 Å². The Morgan fingerprint density at radius 1 is 1.14 bits per heavy atom. The first-order valence-corrected chi connectivity index (χ1v) is 13.2. The van der Waals surface area contributed by atoms with Crippen molar-refractivity contribution < 1.29 is 14.3 Å². The number of nitrogens with zero attached hydrogens (tertiary/aromatic N) is 5. The van der Waals surface area contributed by atoms with Gasteiger partial charge in [-0.25, -0.2) is 9.78 Å². The van der Waals surface area contributed by atoms with Crippen LogP contribution in [0.4, 0.5) is 16.6 Å². The maximum absolute atomic E-state index is 12.3. The summed E-state index contributed by atoms with van der Waals surface area (Å²) in [6.07, 6.45) is 4.90. The maximum atomic E-state index is 12.3. The van der Waals surface area contributed by atoms with Crippen molar-refractivity contribution in [2.75, 3.05) is 36.4 Å². The van der Waals surface area contributed by atoms with Gasteiger partial charge in [-0.2, -0.15) is 4.98 Å². The Bertz CT molecular complexity index is 1110. The third-order valence-corrected chi connectivity index (χ3v) is 7.10. The molecule has 1 aromatic carbocycles. The molecule has 1 N–H and O–H groups in total. The van der Waals surface area contributed by atoms with Crippen molar-refractivity contribution >= 4 is 23.8 Å². The number of aromatic nitrogens is 2. The monoisotopic (exact) mass is 506 g/mol. The van der Waals surface area contributed by atoms with Crippen molar-refractivity contribution in [1.29, 1.82) is 0 Å². The fourth-order valence-electron chi connectivity index (χ4n) is 5.03. The quantitative estimate of drug-likeness (QED) is 0.494. The fraction of sp³-hybridized carbons (Fsp3) is 0.500. The molecule has 1 aromatic heterocycles. The third kappa shape index (κ3) is 5.93. The summed E-state index contributed by atoms with van der Waals surface area (Å²) in [6.45, 7) is 15.1. The number of hydrogen-bond donors (Lipinski definition) is 1. The molecule has 198 valence electrons. The molecule has 0 radical (unpaired) electrons. The molecule has 37 heavy (non-hydrogen) atoms. The van der Waals surface area contributed by atoms with Crippen LogP contribution < -0.4 is 10.2 Å². The summed E-state index contributed by atoms with van der Waals surface area (Å²) in [5, 5.41) is 3.38. The minimum atomic E-state index is -0.383. The lowest BCUT2D eigenvalue weighted by atomic mass is 9.97. The Kier molecular flexibility index (Phi) is 8.43. The van der Waals surface area contributed by atoms with E-state index in [4.69, 9.17) is 4.74 Å². The molecule has 2 aliphatic rings. The van der Waals surface area contributed by atoms with Crippen LogP contribution in [0, 0.1) is 0 Å². The van der Waals surface area contributed by atoms with E-state index in [1.807, 2.05) is 18.7 Å². The molecule has 2 aromatic rings. The van der Waals surface area contributed by atoms with Crippen molar-refractivity contribution in [2.45, 2.75) is 65.3 Å². The number of carbonyl (C=O) groups excluding carboxylic acids is 2. The predicted octanol–water partition coefficient (Wildman–Crippen LogP) is 4.69. The molecule has 0 aliphatic carbocycles. The van der Waals surface area contributed by atoms with E-state index in [-0.39, 0.29) is 30.7 Å². The Balaban J connectivity index is 1.44. The Morgan fingerprint density at radius 2 is 1.81 bits per heavy atom. The van der Waals surface area contributed by atoms with Crippen LogP contribution in [0.15, 0.2) is 43.1 Å². The molecule has 2 aliphatic heterocycles. The number of amides is 2. The molecule has 9 nitrogen and oxygen atoms in total. The number of anilines is 2. The molecule has 9 heteroatoms. The number of ether oxygens (including phenoxy) is 1. The van der Waals surface area contributed by atoms with E-state index in [9.17, 15) is 9.59 Å².